The van der Waals surface area contributed by atoms with Gasteiger partial charge in [0.15, 0.2) is 0 Å². The molecule has 0 aliphatic carbocycles. The van der Waals surface area contributed by atoms with Crippen LogP contribution >= 0.6 is 0 Å². The van der Waals surface area contributed by atoms with Gasteiger partial charge in [-0.1, -0.05) is 72.8 Å². The highest BCUT2D eigenvalue weighted by Gasteiger charge is 2.30. The zero-order valence-electron chi connectivity index (χ0n) is 40.3. The van der Waals surface area contributed by atoms with E-state index in [1.165, 1.54) is 72.5 Å². The molecule has 0 fully saturated rings. The molecule has 6 aromatic carbocycles. The van der Waals surface area contributed by atoms with Crippen LogP contribution in [0.15, 0.2) is 121 Å². The van der Waals surface area contributed by atoms with E-state index in [0.29, 0.717) is 11.1 Å². The van der Waals surface area contributed by atoms with Crippen molar-refractivity contribution in [2.24, 2.45) is 0 Å². The van der Waals surface area contributed by atoms with Gasteiger partial charge in [0.25, 0.3) is 0 Å². The smallest absolute Gasteiger partial charge is 0.373 e. The molecule has 0 bridgehead atoms. The summed E-state index contributed by atoms with van der Waals surface area (Å²) in [5.74, 6) is -5.04. The highest BCUT2D eigenvalue weighted by Crippen LogP contribution is 2.30. The van der Waals surface area contributed by atoms with Crippen LogP contribution in [0, 0.1) is 13.8 Å². The third-order valence-corrected chi connectivity index (χ3v) is 10.4. The second kappa shape index (κ2) is 27.9. The first-order valence-corrected chi connectivity index (χ1v) is 20.9. The van der Waals surface area contributed by atoms with Crippen molar-refractivity contribution in [1.29, 1.82) is 0 Å². The lowest BCUT2D eigenvalue weighted by Crippen LogP contribution is -2.11. The molecule has 0 unspecified atom stereocenters. The number of aryl methyl sites for hydroxylation is 2. The maximum atomic E-state index is 12.0. The number of cyclic esters (lactones) is 2. The molecule has 19 nitrogen and oxygen atoms in total. The van der Waals surface area contributed by atoms with E-state index >= 15 is 0 Å². The van der Waals surface area contributed by atoms with Crippen LogP contribution in [0.3, 0.4) is 0 Å². The van der Waals surface area contributed by atoms with Crippen molar-refractivity contribution in [2.75, 3.05) is 42.7 Å². The van der Waals surface area contributed by atoms with Gasteiger partial charge in [-0.05, 0) is 107 Å². The van der Waals surface area contributed by atoms with Gasteiger partial charge in [-0.3, -0.25) is 0 Å². The van der Waals surface area contributed by atoms with E-state index in [2.05, 4.69) is 14.2 Å². The Bertz CT molecular complexity index is 3110. The Balaban J connectivity index is 0.000000275. The Morgan fingerprint density at radius 2 is 0.644 bits per heavy atom. The van der Waals surface area contributed by atoms with Crippen LogP contribution in [0.5, 0.6) is 0 Å². The minimum absolute atomic E-state index is 0.0333. The molecule has 1 heterocycles. The minimum Gasteiger partial charge on any atom is -0.465 e. The Hall–Kier alpha value is -9.96. The normalized spacial score (nSPS) is 10.2. The second-order valence-corrected chi connectivity index (χ2v) is 14.5. The monoisotopic (exact) mass is 996 g/mol. The summed E-state index contributed by atoms with van der Waals surface area (Å²) in [6.07, 6.45) is 0.500. The number of carbonyl (C=O) groups excluding carboxylic acids is 12. The molecule has 1 aliphatic heterocycles. The van der Waals surface area contributed by atoms with E-state index in [9.17, 15) is 38.4 Å². The van der Waals surface area contributed by atoms with E-state index in [1.54, 1.807) is 48.5 Å². The molecule has 0 atom stereocenters. The van der Waals surface area contributed by atoms with E-state index in [1.807, 2.05) is 62.4 Å². The summed E-state index contributed by atoms with van der Waals surface area (Å²) in [5, 5.41) is 0. The summed E-state index contributed by atoms with van der Waals surface area (Å²) < 4.78 is 32.8. The molecule has 0 spiro atoms. The average Bonchev–Trinajstić information content (AvgIpc) is 3.71. The molecular formula is C54H44O19. The number of ether oxygens (including phenoxy) is 7. The number of esters is 8. The van der Waals surface area contributed by atoms with Crippen LogP contribution in [0.2, 0.25) is 0 Å². The standard InChI is InChI=1S/C18H12O7.C18H18O4.C16H14O4.2CO2/c1-23-15(19)11-5-3-9(7-13(11)16(20)24-2)10-4-6-12-14(8-10)18(22)25-17(12)21;1-11-5-6-13(9-12(11)2)14-7-8-15(17(19)21-3)16(10-14)18(20)22-4;1-19-15(17)13-9-8-12(10-14(13)16(18)20-2)11-6-4-3-5-7-11;2*2-1-3/h3-8H,1-2H3;5-10H,1-4H3;3-10H,1-2H3;;. The molecule has 19 heteroatoms. The second-order valence-electron chi connectivity index (χ2n) is 14.5. The molecule has 0 saturated carbocycles. The molecule has 1 aliphatic rings. The lowest BCUT2D eigenvalue weighted by atomic mass is 9.96. The van der Waals surface area contributed by atoms with E-state index < -0.39 is 47.8 Å². The summed E-state index contributed by atoms with van der Waals surface area (Å²) in [5.41, 5.74) is 8.32. The number of fused-ring (bicyclic) bond motifs is 1. The fraction of sp³-hybridized carbons (Fsp3) is 0.148. The van der Waals surface area contributed by atoms with Crippen LogP contribution in [-0.2, 0) is 52.3 Å². The third kappa shape index (κ3) is 14.8. The quantitative estimate of drug-likeness (QED) is 0.0768. The number of hydrogen-bond donors (Lipinski definition) is 0. The molecule has 7 rings (SSSR count). The molecule has 374 valence electrons. The minimum atomic E-state index is -0.721. The summed E-state index contributed by atoms with van der Waals surface area (Å²) in [6.45, 7) is 4.07. The molecule has 0 amide bonds. The fourth-order valence-electron chi connectivity index (χ4n) is 6.69. The lowest BCUT2D eigenvalue weighted by Gasteiger charge is -2.10. The first kappa shape index (κ1) is 57.4. The van der Waals surface area contributed by atoms with Crippen LogP contribution in [0.4, 0.5) is 0 Å². The number of hydrogen-bond acceptors (Lipinski definition) is 19. The highest BCUT2D eigenvalue weighted by molar-refractivity contribution is 6.15. The van der Waals surface area contributed by atoms with Gasteiger partial charge in [0.2, 0.25) is 0 Å². The molecular weight excluding hydrogens is 953 g/mol. The summed E-state index contributed by atoms with van der Waals surface area (Å²) in [7, 11) is 7.52. The largest absolute Gasteiger partial charge is 0.465 e. The summed E-state index contributed by atoms with van der Waals surface area (Å²) >= 11 is 0. The zero-order chi connectivity index (χ0) is 54.4. The van der Waals surface area contributed by atoms with Crippen molar-refractivity contribution < 1.29 is 90.7 Å². The van der Waals surface area contributed by atoms with Gasteiger partial charge in [0, 0.05) is 0 Å². The van der Waals surface area contributed by atoms with Gasteiger partial charge in [-0.15, -0.1) is 0 Å². The maximum absolute atomic E-state index is 12.0. The number of rotatable bonds is 9. The van der Waals surface area contributed by atoms with Crippen LogP contribution < -0.4 is 0 Å². The predicted octanol–water partition coefficient (Wildman–Crippen LogP) is 7.54. The Labute approximate surface area is 416 Å². The molecule has 0 radical (unpaired) electrons. The Morgan fingerprint density at radius 3 is 1.01 bits per heavy atom. The van der Waals surface area contributed by atoms with Crippen molar-refractivity contribution >= 4 is 60.1 Å². The van der Waals surface area contributed by atoms with Gasteiger partial charge < -0.3 is 33.2 Å². The summed E-state index contributed by atoms with van der Waals surface area (Å²) in [4.78, 5) is 127. The molecule has 0 saturated heterocycles. The van der Waals surface area contributed by atoms with E-state index in [4.69, 9.17) is 38.1 Å². The van der Waals surface area contributed by atoms with Crippen LogP contribution in [0.25, 0.3) is 33.4 Å². The van der Waals surface area contributed by atoms with Gasteiger partial charge in [0.05, 0.1) is 87.2 Å². The first-order valence-electron chi connectivity index (χ1n) is 20.9. The fourth-order valence-corrected chi connectivity index (χ4v) is 6.69. The Kier molecular flexibility index (Phi) is 21.9. The van der Waals surface area contributed by atoms with Crippen LogP contribution in [-0.4, -0.2) is 103 Å². The molecule has 0 N–H and O–H groups in total. The van der Waals surface area contributed by atoms with Gasteiger partial charge >= 0.3 is 60.1 Å². The third-order valence-electron chi connectivity index (χ3n) is 10.4. The first-order chi connectivity index (χ1) is 34.9. The molecule has 0 aromatic heterocycles. The number of methoxy groups -OCH3 is 6. The van der Waals surface area contributed by atoms with Crippen molar-refractivity contribution in [3.05, 3.63) is 177 Å². The average molecular weight is 997 g/mol. The van der Waals surface area contributed by atoms with Crippen molar-refractivity contribution in [2.45, 2.75) is 13.8 Å². The SMILES string of the molecule is COC(=O)c1ccc(-c2ccc(C)c(C)c2)cc1C(=O)OC.COC(=O)c1ccc(-c2ccc3c(c2)C(=O)OC3=O)cc1C(=O)OC.COC(=O)c1ccc(-c2ccccc2)cc1C(=O)OC.O=C=O.O=C=O. The lowest BCUT2D eigenvalue weighted by molar-refractivity contribution is -0.193. The summed E-state index contributed by atoms with van der Waals surface area (Å²) in [6, 6.07) is 34.7. The van der Waals surface area contributed by atoms with Crippen molar-refractivity contribution in [3.63, 3.8) is 0 Å². The van der Waals surface area contributed by atoms with E-state index in [-0.39, 0.29) is 56.8 Å². The van der Waals surface area contributed by atoms with Gasteiger partial charge in [0.1, 0.15) is 0 Å². The zero-order valence-corrected chi connectivity index (χ0v) is 40.3. The van der Waals surface area contributed by atoms with Crippen molar-refractivity contribution in [3.8, 4) is 33.4 Å². The van der Waals surface area contributed by atoms with Gasteiger partial charge in [-0.25, -0.2) is 38.4 Å². The number of carbonyl (C=O) groups is 8. The Morgan fingerprint density at radius 1 is 0.342 bits per heavy atom. The topological polar surface area (TPSA) is 269 Å². The molecule has 6 aromatic rings. The predicted molar refractivity (Wildman–Crippen MR) is 253 cm³/mol. The van der Waals surface area contributed by atoms with E-state index in [0.717, 1.165) is 27.8 Å². The van der Waals surface area contributed by atoms with Crippen molar-refractivity contribution in [1.82, 2.24) is 0 Å². The number of benzene rings is 6. The highest BCUT2D eigenvalue weighted by atomic mass is 16.6. The van der Waals surface area contributed by atoms with Crippen LogP contribution in [0.1, 0.15) is 94.0 Å². The molecule has 73 heavy (non-hydrogen) atoms. The maximum Gasteiger partial charge on any atom is 0.373 e. The van der Waals surface area contributed by atoms with Gasteiger partial charge in [-0.2, -0.15) is 19.2 Å².